The number of hydrogen-bond donors (Lipinski definition) is 2. The Morgan fingerprint density at radius 2 is 2.33 bits per heavy atom. The Morgan fingerprint density at radius 1 is 1.67 bits per heavy atom. The van der Waals surface area contributed by atoms with Crippen LogP contribution in [0.3, 0.4) is 0 Å². The van der Waals surface area contributed by atoms with Gasteiger partial charge in [-0.1, -0.05) is 0 Å². The maximum absolute atomic E-state index is 10.9. The normalized spacial score (nSPS) is 12.1. The summed E-state index contributed by atoms with van der Waals surface area (Å²) < 4.78 is 1.68. The van der Waals surface area contributed by atoms with Gasteiger partial charge in [0, 0.05) is 14.0 Å². The summed E-state index contributed by atoms with van der Waals surface area (Å²) in [6.45, 7) is 1.35. The number of aromatic nitrogens is 2. The summed E-state index contributed by atoms with van der Waals surface area (Å²) in [5.41, 5.74) is 0.674. The Labute approximate surface area is 86.9 Å². The zero-order chi connectivity index (χ0) is 11.4. The van der Waals surface area contributed by atoms with Crippen LogP contribution in [-0.4, -0.2) is 26.5 Å². The van der Waals surface area contributed by atoms with E-state index < -0.39 is 12.0 Å². The van der Waals surface area contributed by atoms with Crippen molar-refractivity contribution in [1.82, 2.24) is 14.9 Å². The summed E-state index contributed by atoms with van der Waals surface area (Å²) in [7, 11) is 1.75. The minimum Gasteiger partial charge on any atom is -0.481 e. The number of hydrogen-bond acceptors (Lipinski definition) is 3. The molecule has 0 aliphatic heterocycles. The maximum atomic E-state index is 10.9. The number of aliphatic carboxylic acids is 1. The number of carbonyl (C=O) groups is 2. The number of carboxylic acids is 1. The smallest absolute Gasteiger partial charge is 0.305 e. The fraction of sp³-hybridized carbons (Fsp3) is 0.444. The highest BCUT2D eigenvalue weighted by molar-refractivity contribution is 5.75. The van der Waals surface area contributed by atoms with E-state index in [0.717, 1.165) is 0 Å². The highest BCUT2D eigenvalue weighted by atomic mass is 16.4. The Kier molecular flexibility index (Phi) is 3.43. The number of imidazole rings is 1. The molecule has 2 N–H and O–H groups in total. The van der Waals surface area contributed by atoms with Gasteiger partial charge in [0.2, 0.25) is 5.91 Å². The third kappa shape index (κ3) is 3.08. The Balaban J connectivity index is 2.85. The van der Waals surface area contributed by atoms with E-state index in [1.807, 2.05) is 0 Å². The third-order valence-corrected chi connectivity index (χ3v) is 1.97. The van der Waals surface area contributed by atoms with Gasteiger partial charge in [-0.15, -0.1) is 0 Å². The topological polar surface area (TPSA) is 84.2 Å². The van der Waals surface area contributed by atoms with E-state index in [4.69, 9.17) is 5.11 Å². The molecule has 1 amide bonds. The second-order valence-electron chi connectivity index (χ2n) is 3.28. The monoisotopic (exact) mass is 211 g/mol. The fourth-order valence-corrected chi connectivity index (χ4v) is 1.35. The molecule has 0 unspecified atom stereocenters. The van der Waals surface area contributed by atoms with Gasteiger partial charge in [-0.05, 0) is 0 Å². The Bertz CT molecular complexity index is 356. The lowest BCUT2D eigenvalue weighted by Crippen LogP contribution is -2.29. The molecule has 0 aliphatic carbocycles. The molecule has 0 spiro atoms. The SMILES string of the molecule is CC(=O)N[C@H](CC(=O)O)c1cncn1C. The van der Waals surface area contributed by atoms with Gasteiger partial charge >= 0.3 is 5.97 Å². The first kappa shape index (κ1) is 11.2. The number of nitrogens with zero attached hydrogens (tertiary/aromatic N) is 2. The maximum Gasteiger partial charge on any atom is 0.305 e. The molecule has 1 rings (SSSR count). The molecule has 0 saturated carbocycles. The molecule has 0 fully saturated rings. The average Bonchev–Trinajstić information content (AvgIpc) is 2.48. The Morgan fingerprint density at radius 3 is 2.73 bits per heavy atom. The van der Waals surface area contributed by atoms with E-state index in [-0.39, 0.29) is 12.3 Å². The van der Waals surface area contributed by atoms with Gasteiger partial charge in [-0.25, -0.2) is 4.98 Å². The van der Waals surface area contributed by atoms with Crippen LogP contribution >= 0.6 is 0 Å². The molecular weight excluding hydrogens is 198 g/mol. The summed E-state index contributed by atoms with van der Waals surface area (Å²) >= 11 is 0. The van der Waals surface area contributed by atoms with Crippen molar-refractivity contribution in [1.29, 1.82) is 0 Å². The molecule has 1 aromatic rings. The van der Waals surface area contributed by atoms with Crippen molar-refractivity contribution in [2.24, 2.45) is 7.05 Å². The molecule has 0 radical (unpaired) electrons. The minimum absolute atomic E-state index is 0.154. The zero-order valence-electron chi connectivity index (χ0n) is 8.60. The Hall–Kier alpha value is -1.85. The van der Waals surface area contributed by atoms with Crippen LogP contribution < -0.4 is 5.32 Å². The molecule has 1 heterocycles. The predicted molar refractivity (Wildman–Crippen MR) is 52.0 cm³/mol. The van der Waals surface area contributed by atoms with Crippen LogP contribution in [0.1, 0.15) is 25.1 Å². The number of rotatable bonds is 4. The first-order chi connectivity index (χ1) is 7.00. The molecule has 6 heteroatoms. The first-order valence-corrected chi connectivity index (χ1v) is 4.46. The molecular formula is C9H13N3O3. The molecule has 1 atom stereocenters. The summed E-state index contributed by atoms with van der Waals surface area (Å²) in [5.74, 6) is -1.22. The van der Waals surface area contributed by atoms with E-state index in [0.29, 0.717) is 5.69 Å². The second kappa shape index (κ2) is 4.59. The highest BCUT2D eigenvalue weighted by Gasteiger charge is 2.18. The van der Waals surface area contributed by atoms with Crippen molar-refractivity contribution in [2.45, 2.75) is 19.4 Å². The molecule has 0 aliphatic rings. The van der Waals surface area contributed by atoms with Crippen LogP contribution in [0, 0.1) is 0 Å². The standard InChI is InChI=1S/C9H13N3O3/c1-6(13)11-7(3-9(14)15)8-4-10-5-12(8)2/h4-5,7H,3H2,1-2H3,(H,11,13)(H,14,15)/t7-/m1/s1. The van der Waals surface area contributed by atoms with Gasteiger partial charge in [0.1, 0.15) is 0 Å². The molecule has 0 aromatic carbocycles. The van der Waals surface area contributed by atoms with E-state index in [1.165, 1.54) is 6.92 Å². The van der Waals surface area contributed by atoms with Crippen molar-refractivity contribution >= 4 is 11.9 Å². The van der Waals surface area contributed by atoms with Crippen LogP contribution in [0.2, 0.25) is 0 Å². The van der Waals surface area contributed by atoms with Crippen LogP contribution in [0.5, 0.6) is 0 Å². The number of amides is 1. The fourth-order valence-electron chi connectivity index (χ4n) is 1.35. The van der Waals surface area contributed by atoms with E-state index in [2.05, 4.69) is 10.3 Å². The minimum atomic E-state index is -0.963. The molecule has 0 bridgehead atoms. The predicted octanol–water partition coefficient (Wildman–Crippen LogP) is 0.0720. The lowest BCUT2D eigenvalue weighted by atomic mass is 10.1. The number of nitrogens with one attached hydrogen (secondary N) is 1. The average molecular weight is 211 g/mol. The highest BCUT2D eigenvalue weighted by Crippen LogP contribution is 2.15. The molecule has 1 aromatic heterocycles. The van der Waals surface area contributed by atoms with Gasteiger partial charge in [0.15, 0.2) is 0 Å². The second-order valence-corrected chi connectivity index (χ2v) is 3.28. The number of carbonyl (C=O) groups excluding carboxylic acids is 1. The van der Waals surface area contributed by atoms with Crippen molar-refractivity contribution < 1.29 is 14.7 Å². The first-order valence-electron chi connectivity index (χ1n) is 4.46. The van der Waals surface area contributed by atoms with Crippen LogP contribution in [-0.2, 0) is 16.6 Å². The van der Waals surface area contributed by atoms with E-state index in [9.17, 15) is 9.59 Å². The van der Waals surface area contributed by atoms with Crippen molar-refractivity contribution in [3.05, 3.63) is 18.2 Å². The van der Waals surface area contributed by atoms with Crippen molar-refractivity contribution in [2.75, 3.05) is 0 Å². The third-order valence-electron chi connectivity index (χ3n) is 1.97. The number of carboxylic acid groups (broad SMARTS) is 1. The van der Waals surface area contributed by atoms with Gasteiger partial charge in [-0.2, -0.15) is 0 Å². The van der Waals surface area contributed by atoms with Crippen LogP contribution in [0.15, 0.2) is 12.5 Å². The summed E-state index contributed by atoms with van der Waals surface area (Å²) in [4.78, 5) is 25.4. The van der Waals surface area contributed by atoms with Crippen molar-refractivity contribution in [3.8, 4) is 0 Å². The van der Waals surface area contributed by atoms with Crippen molar-refractivity contribution in [3.63, 3.8) is 0 Å². The molecule has 6 nitrogen and oxygen atoms in total. The molecule has 15 heavy (non-hydrogen) atoms. The summed E-state index contributed by atoms with van der Waals surface area (Å²) in [6, 6.07) is -0.535. The zero-order valence-corrected chi connectivity index (χ0v) is 8.60. The van der Waals surface area contributed by atoms with Gasteiger partial charge < -0.3 is 15.0 Å². The van der Waals surface area contributed by atoms with Gasteiger partial charge in [0.25, 0.3) is 0 Å². The molecule has 0 saturated heterocycles. The summed E-state index contributed by atoms with van der Waals surface area (Å²) in [6.07, 6.45) is 2.95. The van der Waals surface area contributed by atoms with Crippen LogP contribution in [0.25, 0.3) is 0 Å². The van der Waals surface area contributed by atoms with Gasteiger partial charge in [-0.3, -0.25) is 9.59 Å². The van der Waals surface area contributed by atoms with E-state index in [1.54, 1.807) is 24.1 Å². The lowest BCUT2D eigenvalue weighted by Gasteiger charge is -2.15. The van der Waals surface area contributed by atoms with Crippen LogP contribution in [0.4, 0.5) is 0 Å². The lowest BCUT2D eigenvalue weighted by molar-refractivity contribution is -0.137. The quantitative estimate of drug-likeness (QED) is 0.738. The number of aryl methyl sites for hydroxylation is 1. The summed E-state index contributed by atoms with van der Waals surface area (Å²) in [5, 5.41) is 11.3. The largest absolute Gasteiger partial charge is 0.481 e. The van der Waals surface area contributed by atoms with E-state index >= 15 is 0 Å². The van der Waals surface area contributed by atoms with Gasteiger partial charge in [0.05, 0.1) is 30.7 Å². The molecule has 82 valence electrons.